The van der Waals surface area contributed by atoms with Crippen molar-refractivity contribution < 1.29 is 4.79 Å². The van der Waals surface area contributed by atoms with Gasteiger partial charge in [-0.1, -0.05) is 41.4 Å². The highest BCUT2D eigenvalue weighted by atomic mass is 79.9. The fourth-order valence-corrected chi connectivity index (χ4v) is 2.13. The van der Waals surface area contributed by atoms with Gasteiger partial charge in [0.2, 0.25) is 5.91 Å². The zero-order valence-electron chi connectivity index (χ0n) is 10.9. The number of hydrogen-bond acceptors (Lipinski definition) is 2. The Hall–Kier alpha value is -0.870. The van der Waals surface area contributed by atoms with Crippen LogP contribution in [0.5, 0.6) is 0 Å². The van der Waals surface area contributed by atoms with Gasteiger partial charge in [-0.15, -0.1) is 0 Å². The van der Waals surface area contributed by atoms with Crippen LogP contribution < -0.4 is 11.1 Å². The lowest BCUT2D eigenvalue weighted by atomic mass is 10.0. The Kier molecular flexibility index (Phi) is 6.36. The molecule has 2 unspecified atom stereocenters. The molecule has 1 aromatic carbocycles. The zero-order valence-corrected chi connectivity index (χ0v) is 12.5. The number of carbonyl (C=O) groups is 1. The average Bonchev–Trinajstić information content (AvgIpc) is 2.36. The van der Waals surface area contributed by atoms with Crippen LogP contribution in [0, 0.1) is 5.92 Å². The molecule has 0 aliphatic rings. The molecule has 0 fully saturated rings. The molecule has 18 heavy (non-hydrogen) atoms. The zero-order chi connectivity index (χ0) is 13.5. The lowest BCUT2D eigenvalue weighted by Gasteiger charge is -2.19. The van der Waals surface area contributed by atoms with E-state index in [1.165, 1.54) is 0 Å². The molecule has 1 amide bonds. The van der Waals surface area contributed by atoms with Crippen molar-refractivity contribution in [2.24, 2.45) is 11.7 Å². The van der Waals surface area contributed by atoms with Crippen LogP contribution in [0.25, 0.3) is 0 Å². The van der Waals surface area contributed by atoms with E-state index >= 15 is 0 Å². The molecule has 2 atom stereocenters. The number of nitrogens with one attached hydrogen (secondary N) is 1. The molecular formula is C14H21BrN2O. The fourth-order valence-electron chi connectivity index (χ4n) is 1.87. The molecular weight excluding hydrogens is 292 g/mol. The van der Waals surface area contributed by atoms with E-state index in [0.29, 0.717) is 6.54 Å². The van der Waals surface area contributed by atoms with E-state index in [9.17, 15) is 4.79 Å². The molecule has 1 rings (SSSR count). The SMILES string of the molecule is CCCC(CN)C(=O)NC(C)c1ccc(Br)cc1. The Morgan fingerprint density at radius 3 is 2.50 bits per heavy atom. The number of amides is 1. The van der Waals surface area contributed by atoms with Gasteiger partial charge in [-0.25, -0.2) is 0 Å². The van der Waals surface area contributed by atoms with Gasteiger partial charge in [0, 0.05) is 11.0 Å². The number of benzene rings is 1. The second kappa shape index (κ2) is 7.54. The molecule has 0 spiro atoms. The van der Waals surface area contributed by atoms with Crippen LogP contribution in [0.1, 0.15) is 38.3 Å². The van der Waals surface area contributed by atoms with Gasteiger partial charge < -0.3 is 11.1 Å². The quantitative estimate of drug-likeness (QED) is 0.848. The Morgan fingerprint density at radius 2 is 2.00 bits per heavy atom. The third kappa shape index (κ3) is 4.42. The normalized spacial score (nSPS) is 14.0. The first-order valence-corrected chi connectivity index (χ1v) is 7.13. The van der Waals surface area contributed by atoms with Crippen LogP contribution in [0.4, 0.5) is 0 Å². The van der Waals surface area contributed by atoms with E-state index in [2.05, 4.69) is 28.2 Å². The highest BCUT2D eigenvalue weighted by molar-refractivity contribution is 9.10. The van der Waals surface area contributed by atoms with E-state index in [1.807, 2.05) is 31.2 Å². The maximum absolute atomic E-state index is 12.0. The van der Waals surface area contributed by atoms with Crippen molar-refractivity contribution in [2.45, 2.75) is 32.7 Å². The molecule has 3 nitrogen and oxygen atoms in total. The van der Waals surface area contributed by atoms with Gasteiger partial charge in [-0.05, 0) is 31.0 Å². The van der Waals surface area contributed by atoms with Gasteiger partial charge in [0.05, 0.1) is 12.0 Å². The van der Waals surface area contributed by atoms with E-state index in [0.717, 1.165) is 22.9 Å². The topological polar surface area (TPSA) is 55.1 Å². The summed E-state index contributed by atoms with van der Waals surface area (Å²) in [5, 5.41) is 3.02. The lowest BCUT2D eigenvalue weighted by molar-refractivity contribution is -0.125. The number of hydrogen-bond donors (Lipinski definition) is 2. The van der Waals surface area contributed by atoms with Crippen LogP contribution in [-0.2, 0) is 4.79 Å². The first kappa shape index (κ1) is 15.2. The Labute approximate surface area is 117 Å². The average molecular weight is 313 g/mol. The number of carbonyl (C=O) groups excluding carboxylic acids is 1. The summed E-state index contributed by atoms with van der Waals surface area (Å²) >= 11 is 3.40. The number of rotatable bonds is 6. The third-order valence-electron chi connectivity index (χ3n) is 3.02. The summed E-state index contributed by atoms with van der Waals surface area (Å²) in [6, 6.07) is 7.98. The summed E-state index contributed by atoms with van der Waals surface area (Å²) in [7, 11) is 0. The number of halogens is 1. The summed E-state index contributed by atoms with van der Waals surface area (Å²) in [6.07, 6.45) is 1.82. The molecule has 3 N–H and O–H groups in total. The third-order valence-corrected chi connectivity index (χ3v) is 3.55. The van der Waals surface area contributed by atoms with Crippen LogP contribution in [0.15, 0.2) is 28.7 Å². The van der Waals surface area contributed by atoms with Crippen molar-refractivity contribution >= 4 is 21.8 Å². The van der Waals surface area contributed by atoms with Gasteiger partial charge in [0.25, 0.3) is 0 Å². The molecule has 0 saturated carbocycles. The van der Waals surface area contributed by atoms with Gasteiger partial charge in [0.1, 0.15) is 0 Å². The highest BCUT2D eigenvalue weighted by Gasteiger charge is 2.18. The van der Waals surface area contributed by atoms with E-state index in [1.54, 1.807) is 0 Å². The van der Waals surface area contributed by atoms with Crippen LogP contribution in [0.2, 0.25) is 0 Å². The van der Waals surface area contributed by atoms with Crippen molar-refractivity contribution in [3.63, 3.8) is 0 Å². The molecule has 1 aromatic rings. The van der Waals surface area contributed by atoms with Gasteiger partial charge in [-0.2, -0.15) is 0 Å². The van der Waals surface area contributed by atoms with E-state index < -0.39 is 0 Å². The summed E-state index contributed by atoms with van der Waals surface area (Å²) in [5.41, 5.74) is 6.72. The summed E-state index contributed by atoms with van der Waals surface area (Å²) in [5.74, 6) is -0.0253. The van der Waals surface area contributed by atoms with E-state index in [4.69, 9.17) is 5.73 Å². The van der Waals surface area contributed by atoms with Crippen LogP contribution in [-0.4, -0.2) is 12.5 Å². The maximum Gasteiger partial charge on any atom is 0.224 e. The summed E-state index contributed by atoms with van der Waals surface area (Å²) in [4.78, 5) is 12.0. The minimum Gasteiger partial charge on any atom is -0.349 e. The maximum atomic E-state index is 12.0. The molecule has 4 heteroatoms. The minimum atomic E-state index is -0.0760. The van der Waals surface area contributed by atoms with Crippen LogP contribution >= 0.6 is 15.9 Å². The largest absolute Gasteiger partial charge is 0.349 e. The molecule has 0 saturated heterocycles. The minimum absolute atomic E-state index is 0.0107. The molecule has 0 heterocycles. The fraction of sp³-hybridized carbons (Fsp3) is 0.500. The molecule has 0 aromatic heterocycles. The van der Waals surface area contributed by atoms with Crippen molar-refractivity contribution in [3.05, 3.63) is 34.3 Å². The molecule has 0 bridgehead atoms. The molecule has 0 aliphatic heterocycles. The molecule has 0 aliphatic carbocycles. The van der Waals surface area contributed by atoms with Gasteiger partial charge in [0.15, 0.2) is 0 Å². The Balaban J connectivity index is 2.60. The first-order valence-electron chi connectivity index (χ1n) is 6.34. The Morgan fingerprint density at radius 1 is 1.39 bits per heavy atom. The predicted molar refractivity (Wildman–Crippen MR) is 78.2 cm³/mol. The van der Waals surface area contributed by atoms with Crippen molar-refractivity contribution in [1.82, 2.24) is 5.32 Å². The lowest BCUT2D eigenvalue weighted by Crippen LogP contribution is -2.36. The van der Waals surface area contributed by atoms with Crippen molar-refractivity contribution in [1.29, 1.82) is 0 Å². The van der Waals surface area contributed by atoms with Gasteiger partial charge in [-0.3, -0.25) is 4.79 Å². The van der Waals surface area contributed by atoms with Gasteiger partial charge >= 0.3 is 0 Å². The monoisotopic (exact) mass is 312 g/mol. The second-order valence-corrected chi connectivity index (χ2v) is 5.42. The second-order valence-electron chi connectivity index (χ2n) is 4.50. The smallest absolute Gasteiger partial charge is 0.224 e. The van der Waals surface area contributed by atoms with Crippen LogP contribution in [0.3, 0.4) is 0 Å². The predicted octanol–water partition coefficient (Wildman–Crippen LogP) is 3.00. The molecule has 0 radical (unpaired) electrons. The number of nitrogens with two attached hydrogens (primary N) is 1. The van der Waals surface area contributed by atoms with Crippen molar-refractivity contribution in [3.8, 4) is 0 Å². The Bertz CT molecular complexity index is 378. The molecule has 100 valence electrons. The highest BCUT2D eigenvalue weighted by Crippen LogP contribution is 2.17. The summed E-state index contributed by atoms with van der Waals surface area (Å²) in [6.45, 7) is 4.46. The first-order chi connectivity index (χ1) is 8.58. The summed E-state index contributed by atoms with van der Waals surface area (Å²) < 4.78 is 1.04. The standard InChI is InChI=1S/C14H21BrN2O/c1-3-4-12(9-16)14(18)17-10(2)11-5-7-13(15)8-6-11/h5-8,10,12H,3-4,9,16H2,1-2H3,(H,17,18). The van der Waals surface area contributed by atoms with Crippen molar-refractivity contribution in [2.75, 3.05) is 6.54 Å². The van der Waals surface area contributed by atoms with E-state index in [-0.39, 0.29) is 17.9 Å².